The Labute approximate surface area is 222 Å². The lowest BCUT2D eigenvalue weighted by molar-refractivity contribution is 0.0953. The van der Waals surface area contributed by atoms with Crippen molar-refractivity contribution >= 4 is 45.7 Å². The molecule has 0 aliphatic carbocycles. The number of nitrogens with one attached hydrogen (secondary N) is 2. The first-order valence-corrected chi connectivity index (χ1v) is 13.5. The van der Waals surface area contributed by atoms with Crippen molar-refractivity contribution < 1.29 is 9.90 Å². The number of carbonyl (C=O) groups is 1. The van der Waals surface area contributed by atoms with Crippen LogP contribution in [-0.2, 0) is 0 Å². The fourth-order valence-corrected chi connectivity index (χ4v) is 4.76. The third kappa shape index (κ3) is 7.17. The Morgan fingerprint density at radius 3 is 2.14 bits per heavy atom. The number of nitrogens with two attached hydrogens (primary N) is 1. The van der Waals surface area contributed by atoms with E-state index in [1.807, 2.05) is 0 Å². The average molecular weight is 533 g/mol. The Morgan fingerprint density at radius 2 is 1.53 bits per heavy atom. The van der Waals surface area contributed by atoms with Gasteiger partial charge in [-0.3, -0.25) is 9.59 Å². The molecule has 0 bridgehead atoms. The minimum Gasteiger partial charge on any atom is -0.503 e. The Bertz CT molecular complexity index is 1230. The van der Waals surface area contributed by atoms with Gasteiger partial charge in [0.05, 0.1) is 32.3 Å². The number of halogens is 2. The summed E-state index contributed by atoms with van der Waals surface area (Å²) in [6.07, 6.45) is 12.3. The van der Waals surface area contributed by atoms with Crippen molar-refractivity contribution in [3.63, 3.8) is 0 Å². The zero-order valence-corrected chi connectivity index (χ0v) is 22.3. The molecule has 0 saturated heterocycles. The minimum atomic E-state index is -0.591. The smallest absolute Gasteiger partial charge is 0.251 e. The van der Waals surface area contributed by atoms with Crippen LogP contribution in [0.5, 0.6) is 5.75 Å². The molecule has 0 aliphatic heterocycles. The van der Waals surface area contributed by atoms with Gasteiger partial charge in [0, 0.05) is 17.7 Å². The molecule has 3 rings (SSSR count). The number of hydrogen-bond donors (Lipinski definition) is 4. The highest BCUT2D eigenvalue weighted by Gasteiger charge is 2.17. The number of amides is 1. The van der Waals surface area contributed by atoms with Crippen molar-refractivity contribution in [2.75, 3.05) is 12.3 Å². The lowest BCUT2D eigenvalue weighted by Gasteiger charge is -2.11. The summed E-state index contributed by atoms with van der Waals surface area (Å²) in [5.41, 5.74) is 6.86. The molecule has 36 heavy (non-hydrogen) atoms. The van der Waals surface area contributed by atoms with Crippen molar-refractivity contribution in [3.05, 3.63) is 56.2 Å². The highest BCUT2D eigenvalue weighted by Crippen LogP contribution is 2.35. The van der Waals surface area contributed by atoms with E-state index in [4.69, 9.17) is 28.9 Å². The van der Waals surface area contributed by atoms with Crippen LogP contribution in [0.15, 0.2) is 35.1 Å². The predicted molar refractivity (Wildman–Crippen MR) is 150 cm³/mol. The Morgan fingerprint density at radius 1 is 0.944 bits per heavy atom. The number of fused-ring (bicyclic) bond motifs is 1. The van der Waals surface area contributed by atoms with E-state index in [-0.39, 0.29) is 32.7 Å². The van der Waals surface area contributed by atoms with Gasteiger partial charge < -0.3 is 21.1 Å². The Balaban J connectivity index is 1.58. The van der Waals surface area contributed by atoms with Crippen LogP contribution < -0.4 is 16.5 Å². The molecule has 3 aromatic rings. The molecule has 0 radical (unpaired) electrons. The van der Waals surface area contributed by atoms with E-state index in [0.29, 0.717) is 23.2 Å². The van der Waals surface area contributed by atoms with Crippen LogP contribution in [0.1, 0.15) is 81.5 Å². The van der Waals surface area contributed by atoms with E-state index < -0.39 is 11.2 Å². The first-order valence-electron chi connectivity index (χ1n) is 12.8. The van der Waals surface area contributed by atoms with Crippen LogP contribution in [0, 0.1) is 0 Å². The first kappa shape index (κ1) is 27.9. The van der Waals surface area contributed by atoms with Crippen LogP contribution in [0.25, 0.3) is 22.2 Å². The summed E-state index contributed by atoms with van der Waals surface area (Å²) in [6, 6.07) is 7.84. The third-order valence-corrected chi connectivity index (χ3v) is 7.05. The van der Waals surface area contributed by atoms with Gasteiger partial charge in [0.25, 0.3) is 5.91 Å². The SMILES string of the molecule is CCCCCCCCCCCCNC(=O)c1ccc2[nH]c(-c3cc(Cl)c(N)c(Cl)c3)c(O)c(=O)c2c1. The summed E-state index contributed by atoms with van der Waals surface area (Å²) >= 11 is 12.2. The minimum absolute atomic E-state index is 0.175. The van der Waals surface area contributed by atoms with E-state index >= 15 is 0 Å². The van der Waals surface area contributed by atoms with E-state index in [1.54, 1.807) is 12.1 Å². The molecule has 194 valence electrons. The zero-order chi connectivity index (χ0) is 26.1. The van der Waals surface area contributed by atoms with Crippen molar-refractivity contribution in [3.8, 4) is 17.0 Å². The molecule has 0 atom stereocenters. The molecule has 0 saturated carbocycles. The van der Waals surface area contributed by atoms with Gasteiger partial charge in [-0.2, -0.15) is 0 Å². The third-order valence-electron chi connectivity index (χ3n) is 6.42. The number of aromatic amines is 1. The molecular weight excluding hydrogens is 497 g/mol. The molecule has 0 unspecified atom stereocenters. The fraction of sp³-hybridized carbons (Fsp3) is 0.429. The van der Waals surface area contributed by atoms with Crippen molar-refractivity contribution in [2.24, 2.45) is 0 Å². The van der Waals surface area contributed by atoms with Gasteiger partial charge in [-0.05, 0) is 36.8 Å². The second-order valence-corrected chi connectivity index (χ2v) is 10.0. The number of H-pyrrole nitrogens is 1. The molecule has 0 fully saturated rings. The number of aromatic hydroxyl groups is 1. The molecule has 8 heteroatoms. The fourth-order valence-electron chi connectivity index (χ4n) is 4.27. The lowest BCUT2D eigenvalue weighted by atomic mass is 10.0. The summed E-state index contributed by atoms with van der Waals surface area (Å²) in [5.74, 6) is -0.727. The number of nitrogen functional groups attached to an aromatic ring is 1. The van der Waals surface area contributed by atoms with Gasteiger partial charge in [0.1, 0.15) is 0 Å². The molecule has 1 aromatic heterocycles. The van der Waals surface area contributed by atoms with Gasteiger partial charge in [-0.25, -0.2) is 0 Å². The van der Waals surface area contributed by atoms with E-state index in [0.717, 1.165) is 12.8 Å². The molecule has 1 amide bonds. The molecule has 0 spiro atoms. The van der Waals surface area contributed by atoms with Crippen molar-refractivity contribution in [2.45, 2.75) is 71.1 Å². The molecule has 5 N–H and O–H groups in total. The van der Waals surface area contributed by atoms with Crippen molar-refractivity contribution in [1.29, 1.82) is 0 Å². The molecular formula is C28H35Cl2N3O3. The van der Waals surface area contributed by atoms with Crippen LogP contribution in [0.3, 0.4) is 0 Å². The number of rotatable bonds is 13. The standard InChI is InChI=1S/C28H35Cl2N3O3/c1-2-3-4-5-6-7-8-9-10-11-14-32-28(36)18-12-13-23-20(15-18)26(34)27(35)25(33-23)19-16-21(29)24(31)22(30)17-19/h12-13,15-17,35H,2-11,14,31H2,1H3,(H,32,36)(H,33,34). The average Bonchev–Trinajstić information content (AvgIpc) is 2.87. The number of carbonyl (C=O) groups excluding carboxylic acids is 1. The number of aromatic nitrogens is 1. The number of benzene rings is 2. The maximum absolute atomic E-state index is 12.9. The first-order chi connectivity index (χ1) is 17.3. The van der Waals surface area contributed by atoms with Gasteiger partial charge in [0.15, 0.2) is 5.75 Å². The Kier molecular flexibility index (Phi) is 10.5. The maximum Gasteiger partial charge on any atom is 0.251 e. The number of pyridine rings is 1. The summed E-state index contributed by atoms with van der Waals surface area (Å²) in [6.45, 7) is 2.82. The topological polar surface area (TPSA) is 108 Å². The molecule has 0 aliphatic rings. The second-order valence-electron chi connectivity index (χ2n) is 9.23. The van der Waals surface area contributed by atoms with Crippen LogP contribution in [-0.4, -0.2) is 22.5 Å². The number of hydrogen-bond acceptors (Lipinski definition) is 4. The highest BCUT2D eigenvalue weighted by molar-refractivity contribution is 6.39. The summed E-state index contributed by atoms with van der Waals surface area (Å²) in [4.78, 5) is 28.6. The second kappa shape index (κ2) is 13.6. The molecule has 6 nitrogen and oxygen atoms in total. The highest BCUT2D eigenvalue weighted by atomic mass is 35.5. The summed E-state index contributed by atoms with van der Waals surface area (Å²) < 4.78 is 0. The van der Waals surface area contributed by atoms with E-state index in [9.17, 15) is 14.7 Å². The van der Waals surface area contributed by atoms with E-state index in [1.165, 1.54) is 69.6 Å². The predicted octanol–water partition coefficient (Wildman–Crippen LogP) is 7.44. The quantitative estimate of drug-likeness (QED) is 0.136. The Hall–Kier alpha value is -2.70. The number of anilines is 1. The van der Waals surface area contributed by atoms with Crippen LogP contribution in [0.2, 0.25) is 10.0 Å². The normalized spacial score (nSPS) is 11.2. The monoisotopic (exact) mass is 531 g/mol. The lowest BCUT2D eigenvalue weighted by Crippen LogP contribution is -2.24. The van der Waals surface area contributed by atoms with E-state index in [2.05, 4.69) is 17.2 Å². The largest absolute Gasteiger partial charge is 0.503 e. The van der Waals surface area contributed by atoms with Crippen molar-refractivity contribution in [1.82, 2.24) is 10.3 Å². The van der Waals surface area contributed by atoms with Gasteiger partial charge in [-0.15, -0.1) is 0 Å². The summed E-state index contributed by atoms with van der Waals surface area (Å²) in [7, 11) is 0. The van der Waals surface area contributed by atoms with Gasteiger partial charge in [0.2, 0.25) is 5.43 Å². The summed E-state index contributed by atoms with van der Waals surface area (Å²) in [5, 5.41) is 14.2. The van der Waals surface area contributed by atoms with Crippen LogP contribution in [0.4, 0.5) is 5.69 Å². The molecule has 2 aromatic carbocycles. The van der Waals surface area contributed by atoms with Gasteiger partial charge in [-0.1, -0.05) is 87.9 Å². The van der Waals surface area contributed by atoms with Crippen LogP contribution >= 0.6 is 23.2 Å². The molecule has 1 heterocycles. The number of unbranched alkanes of at least 4 members (excludes halogenated alkanes) is 9. The van der Waals surface area contributed by atoms with Gasteiger partial charge >= 0.3 is 0 Å². The maximum atomic E-state index is 12.9. The zero-order valence-electron chi connectivity index (χ0n) is 20.8.